The number of benzene rings is 2. The zero-order valence-electron chi connectivity index (χ0n) is 11.8. The third-order valence-electron chi connectivity index (χ3n) is 2.78. The van der Waals surface area contributed by atoms with E-state index < -0.39 is 11.9 Å². The van der Waals surface area contributed by atoms with Gasteiger partial charge in [0, 0.05) is 4.47 Å². The first-order chi connectivity index (χ1) is 10.6. The predicted octanol–water partition coefficient (Wildman–Crippen LogP) is 3.14. The molecule has 0 aromatic heterocycles. The summed E-state index contributed by atoms with van der Waals surface area (Å²) in [6.45, 7) is -0.194. The number of esters is 1. The summed E-state index contributed by atoms with van der Waals surface area (Å²) in [6.07, 6.45) is 0. The lowest BCUT2D eigenvalue weighted by atomic mass is 10.2. The van der Waals surface area contributed by atoms with Gasteiger partial charge >= 0.3 is 5.97 Å². The van der Waals surface area contributed by atoms with Crippen LogP contribution in [-0.2, 0) is 9.53 Å². The van der Waals surface area contributed by atoms with Crippen molar-refractivity contribution in [3.63, 3.8) is 0 Å². The molecule has 0 radical (unpaired) electrons. The highest BCUT2D eigenvalue weighted by molar-refractivity contribution is 9.10. The van der Waals surface area contributed by atoms with Crippen LogP contribution < -0.4 is 10.1 Å². The molecule has 0 spiro atoms. The van der Waals surface area contributed by atoms with Gasteiger partial charge in [-0.1, -0.05) is 34.1 Å². The number of hydrogen-bond donors (Lipinski definition) is 1. The molecule has 0 unspecified atom stereocenters. The van der Waals surface area contributed by atoms with Crippen LogP contribution in [-0.4, -0.2) is 25.5 Å². The molecule has 22 heavy (non-hydrogen) atoms. The van der Waals surface area contributed by atoms with Crippen molar-refractivity contribution in [3.8, 4) is 11.5 Å². The monoisotopic (exact) mass is 363 g/mol. The molecule has 0 aliphatic carbocycles. The number of hydrogen-bond acceptors (Lipinski definition) is 4. The molecule has 1 amide bonds. The van der Waals surface area contributed by atoms with Gasteiger partial charge in [0.25, 0.3) is 5.91 Å². The van der Waals surface area contributed by atoms with Crippen molar-refractivity contribution in [3.05, 3.63) is 58.6 Å². The maximum absolute atomic E-state index is 12.1. The van der Waals surface area contributed by atoms with Crippen LogP contribution in [0.15, 0.2) is 53.0 Å². The number of carbonyl (C=O) groups is 2. The summed E-state index contributed by atoms with van der Waals surface area (Å²) in [5.74, 6) is 0.0836. The quantitative estimate of drug-likeness (QED) is 0.828. The third-order valence-corrected chi connectivity index (χ3v) is 3.27. The van der Waals surface area contributed by atoms with Crippen molar-refractivity contribution in [1.29, 1.82) is 0 Å². The fourth-order valence-electron chi connectivity index (χ4n) is 1.72. The number of nitrogens with one attached hydrogen (secondary N) is 1. The lowest BCUT2D eigenvalue weighted by Crippen LogP contribution is -2.30. The van der Waals surface area contributed by atoms with E-state index in [1.54, 1.807) is 36.4 Å². The Kier molecular flexibility index (Phi) is 5.55. The molecule has 6 heteroatoms. The Balaban J connectivity index is 2.16. The van der Waals surface area contributed by atoms with Crippen LogP contribution in [0.1, 0.15) is 10.4 Å². The molecule has 0 bridgehead atoms. The first-order valence-electron chi connectivity index (χ1n) is 6.47. The lowest BCUT2D eigenvalue weighted by molar-refractivity contribution is -0.139. The van der Waals surface area contributed by atoms with E-state index in [0.717, 1.165) is 4.47 Å². The average Bonchev–Trinajstić information content (AvgIpc) is 2.53. The highest BCUT2D eigenvalue weighted by atomic mass is 79.9. The SMILES string of the molecule is COC(=O)CNC(=O)c1ccccc1Oc1cccc(Br)c1. The number of carbonyl (C=O) groups excluding carboxylic acids is 2. The Labute approximate surface area is 136 Å². The van der Waals surface area contributed by atoms with Crippen molar-refractivity contribution in [2.24, 2.45) is 0 Å². The van der Waals surface area contributed by atoms with Gasteiger partial charge in [0.15, 0.2) is 0 Å². The van der Waals surface area contributed by atoms with Crippen molar-refractivity contribution in [2.45, 2.75) is 0 Å². The molecule has 0 saturated heterocycles. The maximum atomic E-state index is 12.1. The van der Waals surface area contributed by atoms with Crippen LogP contribution in [0, 0.1) is 0 Å². The Morgan fingerprint density at radius 3 is 2.64 bits per heavy atom. The molecule has 5 nitrogen and oxygen atoms in total. The average molecular weight is 364 g/mol. The zero-order chi connectivity index (χ0) is 15.9. The molecule has 2 rings (SSSR count). The minimum absolute atomic E-state index is 0.194. The highest BCUT2D eigenvalue weighted by Gasteiger charge is 2.14. The van der Waals surface area contributed by atoms with E-state index >= 15 is 0 Å². The summed E-state index contributed by atoms with van der Waals surface area (Å²) < 4.78 is 11.1. The van der Waals surface area contributed by atoms with Gasteiger partial charge in [0.05, 0.1) is 12.7 Å². The Morgan fingerprint density at radius 2 is 1.91 bits per heavy atom. The molecule has 114 valence electrons. The topological polar surface area (TPSA) is 64.6 Å². The van der Waals surface area contributed by atoms with Gasteiger partial charge < -0.3 is 14.8 Å². The van der Waals surface area contributed by atoms with Gasteiger partial charge in [-0.15, -0.1) is 0 Å². The summed E-state index contributed by atoms with van der Waals surface area (Å²) in [5.41, 5.74) is 0.339. The number of methoxy groups -OCH3 is 1. The first kappa shape index (κ1) is 16.0. The minimum atomic E-state index is -0.515. The van der Waals surface area contributed by atoms with Gasteiger partial charge in [0.1, 0.15) is 18.0 Å². The van der Waals surface area contributed by atoms with Crippen LogP contribution >= 0.6 is 15.9 Å². The van der Waals surface area contributed by atoms with E-state index in [9.17, 15) is 9.59 Å². The van der Waals surface area contributed by atoms with Gasteiger partial charge in [0.2, 0.25) is 0 Å². The number of amides is 1. The molecule has 0 atom stereocenters. The van der Waals surface area contributed by atoms with Crippen molar-refractivity contribution in [2.75, 3.05) is 13.7 Å². The molecule has 2 aromatic rings. The molecule has 2 aromatic carbocycles. The van der Waals surface area contributed by atoms with E-state index in [1.807, 2.05) is 12.1 Å². The molecular weight excluding hydrogens is 350 g/mol. The minimum Gasteiger partial charge on any atom is -0.468 e. The summed E-state index contributed by atoms with van der Waals surface area (Å²) >= 11 is 3.36. The van der Waals surface area contributed by atoms with Crippen molar-refractivity contribution < 1.29 is 19.1 Å². The van der Waals surface area contributed by atoms with Crippen LogP contribution in [0.5, 0.6) is 11.5 Å². The second-order valence-electron chi connectivity index (χ2n) is 4.31. The van der Waals surface area contributed by atoms with Crippen LogP contribution in [0.25, 0.3) is 0 Å². The second kappa shape index (κ2) is 7.61. The smallest absolute Gasteiger partial charge is 0.325 e. The van der Waals surface area contributed by atoms with Gasteiger partial charge in [-0.25, -0.2) is 0 Å². The van der Waals surface area contributed by atoms with Crippen LogP contribution in [0.4, 0.5) is 0 Å². The number of rotatable bonds is 5. The maximum Gasteiger partial charge on any atom is 0.325 e. The van der Waals surface area contributed by atoms with E-state index in [1.165, 1.54) is 7.11 Å². The van der Waals surface area contributed by atoms with Gasteiger partial charge in [-0.3, -0.25) is 9.59 Å². The summed E-state index contributed by atoms with van der Waals surface area (Å²) in [5, 5.41) is 2.48. The molecule has 0 aliphatic rings. The number of halogens is 1. The summed E-state index contributed by atoms with van der Waals surface area (Å²) in [4.78, 5) is 23.2. The van der Waals surface area contributed by atoms with E-state index in [4.69, 9.17) is 4.74 Å². The van der Waals surface area contributed by atoms with E-state index in [0.29, 0.717) is 17.1 Å². The predicted molar refractivity (Wildman–Crippen MR) is 85.0 cm³/mol. The molecule has 0 fully saturated rings. The van der Waals surface area contributed by atoms with Crippen molar-refractivity contribution in [1.82, 2.24) is 5.32 Å². The van der Waals surface area contributed by atoms with E-state index in [-0.39, 0.29) is 6.54 Å². The number of ether oxygens (including phenoxy) is 2. The Hall–Kier alpha value is -2.34. The second-order valence-corrected chi connectivity index (χ2v) is 5.23. The largest absolute Gasteiger partial charge is 0.468 e. The van der Waals surface area contributed by atoms with E-state index in [2.05, 4.69) is 26.0 Å². The summed E-state index contributed by atoms with van der Waals surface area (Å²) in [7, 11) is 1.26. The zero-order valence-corrected chi connectivity index (χ0v) is 13.4. The lowest BCUT2D eigenvalue weighted by Gasteiger charge is -2.11. The van der Waals surface area contributed by atoms with Gasteiger partial charge in [-0.2, -0.15) is 0 Å². The standard InChI is InChI=1S/C16H14BrNO4/c1-21-15(19)10-18-16(20)13-7-2-3-8-14(13)22-12-6-4-5-11(17)9-12/h2-9H,10H2,1H3,(H,18,20). The number of para-hydroxylation sites is 1. The molecule has 0 saturated carbocycles. The fourth-order valence-corrected chi connectivity index (χ4v) is 2.10. The molecule has 0 heterocycles. The van der Waals surface area contributed by atoms with Crippen LogP contribution in [0.2, 0.25) is 0 Å². The van der Waals surface area contributed by atoms with Gasteiger partial charge in [-0.05, 0) is 30.3 Å². The Bertz CT molecular complexity index is 687. The van der Waals surface area contributed by atoms with Crippen LogP contribution in [0.3, 0.4) is 0 Å². The molecule has 0 aliphatic heterocycles. The third kappa shape index (κ3) is 4.33. The fraction of sp³-hybridized carbons (Fsp3) is 0.125. The molecular formula is C16H14BrNO4. The normalized spacial score (nSPS) is 9.91. The Morgan fingerprint density at radius 1 is 1.14 bits per heavy atom. The first-order valence-corrected chi connectivity index (χ1v) is 7.27. The highest BCUT2D eigenvalue weighted by Crippen LogP contribution is 2.27. The summed E-state index contributed by atoms with van der Waals surface area (Å²) in [6, 6.07) is 14.1. The molecule has 1 N–H and O–H groups in total. The van der Waals surface area contributed by atoms with Crippen molar-refractivity contribution >= 4 is 27.8 Å².